The first-order valence-corrected chi connectivity index (χ1v) is 8.48. The number of hydrogen-bond donors (Lipinski definition) is 0. The molecule has 0 bridgehead atoms. The number of halogens is 2. The van der Waals surface area contributed by atoms with Crippen molar-refractivity contribution in [3.63, 3.8) is 0 Å². The highest BCUT2D eigenvalue weighted by molar-refractivity contribution is 5.18. The van der Waals surface area contributed by atoms with Gasteiger partial charge in [-0.2, -0.15) is 0 Å². The molecule has 2 saturated heterocycles. The van der Waals surface area contributed by atoms with Gasteiger partial charge >= 0.3 is 0 Å². The lowest BCUT2D eigenvalue weighted by atomic mass is 9.79. The second kappa shape index (κ2) is 7.24. The van der Waals surface area contributed by atoms with E-state index in [4.69, 9.17) is 4.74 Å². The zero-order chi connectivity index (χ0) is 16.3. The molecule has 2 aliphatic heterocycles. The molecule has 0 aliphatic carbocycles. The van der Waals surface area contributed by atoms with Crippen molar-refractivity contribution in [3.8, 4) is 0 Å². The molecule has 1 aromatic rings. The van der Waals surface area contributed by atoms with E-state index in [1.807, 2.05) is 0 Å². The van der Waals surface area contributed by atoms with Crippen molar-refractivity contribution in [2.45, 2.75) is 25.8 Å². The van der Waals surface area contributed by atoms with Crippen LogP contribution in [0.4, 0.5) is 8.78 Å². The normalized spacial score (nSPS) is 26.2. The Morgan fingerprint density at radius 1 is 1.09 bits per heavy atom. The summed E-state index contributed by atoms with van der Waals surface area (Å²) in [5, 5.41) is 0. The summed E-state index contributed by atoms with van der Waals surface area (Å²) in [4.78, 5) is 4.89. The average molecular weight is 324 g/mol. The van der Waals surface area contributed by atoms with E-state index < -0.39 is 11.6 Å². The molecule has 0 saturated carbocycles. The first-order valence-electron chi connectivity index (χ1n) is 8.48. The van der Waals surface area contributed by atoms with Crippen LogP contribution in [0.25, 0.3) is 0 Å². The number of nitrogens with zero attached hydrogens (tertiary/aromatic N) is 2. The lowest BCUT2D eigenvalue weighted by Gasteiger charge is -2.40. The molecular formula is C18H26F2N2O. The molecule has 1 aromatic carbocycles. The molecule has 3 rings (SSSR count). The minimum Gasteiger partial charge on any atom is -0.383 e. The van der Waals surface area contributed by atoms with Crippen LogP contribution in [0.3, 0.4) is 0 Å². The van der Waals surface area contributed by atoms with Gasteiger partial charge in [-0.05, 0) is 55.5 Å². The van der Waals surface area contributed by atoms with Gasteiger partial charge in [-0.3, -0.25) is 4.90 Å². The van der Waals surface area contributed by atoms with Crippen LogP contribution in [0.5, 0.6) is 0 Å². The second-order valence-electron chi connectivity index (χ2n) is 7.08. The Balaban J connectivity index is 1.57. The summed E-state index contributed by atoms with van der Waals surface area (Å²) in [5.74, 6) is -1.52. The second-order valence-corrected chi connectivity index (χ2v) is 7.08. The van der Waals surface area contributed by atoms with E-state index in [1.54, 1.807) is 13.2 Å². The molecule has 128 valence electrons. The third kappa shape index (κ3) is 4.08. The Bertz CT molecular complexity index is 540. The highest BCUT2D eigenvalue weighted by Gasteiger charge is 2.40. The van der Waals surface area contributed by atoms with E-state index in [9.17, 15) is 8.78 Å². The van der Waals surface area contributed by atoms with E-state index in [0.29, 0.717) is 12.0 Å². The standard InChI is InChI=1S/C18H26F2N2O/c1-23-10-9-21-7-2-5-18(13-21)6-8-22(14-18)12-15-3-4-16(19)17(20)11-15/h3-4,11H,2,5-10,12-14H2,1H3. The minimum absolute atomic E-state index is 0.366. The van der Waals surface area contributed by atoms with Gasteiger partial charge in [0, 0.05) is 33.3 Å². The van der Waals surface area contributed by atoms with Crippen LogP contribution < -0.4 is 0 Å². The molecule has 0 aromatic heterocycles. The summed E-state index contributed by atoms with van der Waals surface area (Å²) in [6.07, 6.45) is 3.70. The van der Waals surface area contributed by atoms with Crippen molar-refractivity contribution in [3.05, 3.63) is 35.4 Å². The maximum atomic E-state index is 13.4. The van der Waals surface area contributed by atoms with Crippen molar-refractivity contribution in [1.29, 1.82) is 0 Å². The molecule has 2 aliphatic rings. The summed E-state index contributed by atoms with van der Waals surface area (Å²) in [7, 11) is 1.75. The van der Waals surface area contributed by atoms with Crippen LogP contribution in [0.1, 0.15) is 24.8 Å². The highest BCUT2D eigenvalue weighted by atomic mass is 19.2. The fraction of sp³-hybridized carbons (Fsp3) is 0.667. The molecule has 5 heteroatoms. The highest BCUT2D eigenvalue weighted by Crippen LogP contribution is 2.39. The lowest BCUT2D eigenvalue weighted by Crippen LogP contribution is -2.45. The Morgan fingerprint density at radius 3 is 2.70 bits per heavy atom. The minimum atomic E-state index is -0.771. The van der Waals surface area contributed by atoms with E-state index in [2.05, 4.69) is 9.80 Å². The molecule has 23 heavy (non-hydrogen) atoms. The quantitative estimate of drug-likeness (QED) is 0.828. The van der Waals surface area contributed by atoms with Crippen LogP contribution >= 0.6 is 0 Å². The fourth-order valence-corrected chi connectivity index (χ4v) is 4.11. The molecule has 0 N–H and O–H groups in total. The van der Waals surface area contributed by atoms with E-state index >= 15 is 0 Å². The van der Waals surface area contributed by atoms with Crippen molar-refractivity contribution < 1.29 is 13.5 Å². The summed E-state index contributed by atoms with van der Waals surface area (Å²) < 4.78 is 31.6. The largest absolute Gasteiger partial charge is 0.383 e. The fourth-order valence-electron chi connectivity index (χ4n) is 4.11. The van der Waals surface area contributed by atoms with Crippen molar-refractivity contribution >= 4 is 0 Å². The zero-order valence-electron chi connectivity index (χ0n) is 13.9. The Labute approximate surface area is 137 Å². The number of methoxy groups -OCH3 is 1. The number of rotatable bonds is 5. The number of likely N-dealkylation sites (tertiary alicyclic amines) is 2. The SMILES string of the molecule is COCCN1CCCC2(CCN(Cc3ccc(F)c(F)c3)C2)C1. The Morgan fingerprint density at radius 2 is 1.91 bits per heavy atom. The monoisotopic (exact) mass is 324 g/mol. The van der Waals surface area contributed by atoms with Crippen LogP contribution in [-0.4, -0.2) is 56.2 Å². The van der Waals surface area contributed by atoms with Crippen LogP contribution in [0.15, 0.2) is 18.2 Å². The van der Waals surface area contributed by atoms with Gasteiger partial charge in [-0.15, -0.1) is 0 Å². The van der Waals surface area contributed by atoms with Crippen LogP contribution in [0.2, 0.25) is 0 Å². The molecule has 2 heterocycles. The van der Waals surface area contributed by atoms with Crippen LogP contribution in [-0.2, 0) is 11.3 Å². The van der Waals surface area contributed by atoms with Gasteiger partial charge in [0.05, 0.1) is 6.61 Å². The molecule has 1 spiro atoms. The van der Waals surface area contributed by atoms with Gasteiger partial charge in [0.25, 0.3) is 0 Å². The number of benzene rings is 1. The van der Waals surface area contributed by atoms with Crippen LogP contribution in [0, 0.1) is 17.0 Å². The van der Waals surface area contributed by atoms with Gasteiger partial charge in [-0.1, -0.05) is 6.07 Å². The maximum Gasteiger partial charge on any atom is 0.159 e. The predicted octanol–water partition coefficient (Wildman–Crippen LogP) is 2.90. The molecule has 1 unspecified atom stereocenters. The summed E-state index contributed by atoms with van der Waals surface area (Å²) in [6.45, 7) is 6.87. The first-order chi connectivity index (χ1) is 11.1. The van der Waals surface area contributed by atoms with Gasteiger partial charge < -0.3 is 9.64 Å². The van der Waals surface area contributed by atoms with Crippen molar-refractivity contribution in [2.75, 3.05) is 46.4 Å². The van der Waals surface area contributed by atoms with Crippen molar-refractivity contribution in [1.82, 2.24) is 9.80 Å². The van der Waals surface area contributed by atoms with E-state index in [-0.39, 0.29) is 0 Å². The first kappa shape index (κ1) is 16.8. The molecular weight excluding hydrogens is 298 g/mol. The smallest absolute Gasteiger partial charge is 0.159 e. The van der Waals surface area contributed by atoms with Gasteiger partial charge in [0.15, 0.2) is 11.6 Å². The Kier molecular flexibility index (Phi) is 5.29. The van der Waals surface area contributed by atoms with E-state index in [0.717, 1.165) is 44.9 Å². The number of piperidine rings is 1. The topological polar surface area (TPSA) is 15.7 Å². The third-order valence-electron chi connectivity index (χ3n) is 5.26. The van der Waals surface area contributed by atoms with Crippen molar-refractivity contribution in [2.24, 2.45) is 5.41 Å². The third-order valence-corrected chi connectivity index (χ3v) is 5.26. The zero-order valence-corrected chi connectivity index (χ0v) is 13.9. The average Bonchev–Trinajstić information content (AvgIpc) is 2.91. The van der Waals surface area contributed by atoms with E-state index in [1.165, 1.54) is 31.4 Å². The summed E-state index contributed by atoms with van der Waals surface area (Å²) >= 11 is 0. The Hall–Kier alpha value is -1.04. The number of ether oxygens (including phenoxy) is 1. The molecule has 0 amide bonds. The molecule has 2 fully saturated rings. The summed E-state index contributed by atoms with van der Waals surface area (Å²) in [6, 6.07) is 4.24. The molecule has 1 atom stereocenters. The van der Waals surface area contributed by atoms with Gasteiger partial charge in [0.2, 0.25) is 0 Å². The predicted molar refractivity (Wildman–Crippen MR) is 86.2 cm³/mol. The van der Waals surface area contributed by atoms with Gasteiger partial charge in [-0.25, -0.2) is 8.78 Å². The molecule has 0 radical (unpaired) electrons. The lowest BCUT2D eigenvalue weighted by molar-refractivity contribution is 0.0673. The molecule has 3 nitrogen and oxygen atoms in total. The van der Waals surface area contributed by atoms with Gasteiger partial charge in [0.1, 0.15) is 0 Å². The number of hydrogen-bond acceptors (Lipinski definition) is 3. The maximum absolute atomic E-state index is 13.4. The summed E-state index contributed by atoms with van der Waals surface area (Å²) in [5.41, 5.74) is 1.22.